The van der Waals surface area contributed by atoms with E-state index < -0.39 is 5.54 Å². The maximum absolute atomic E-state index is 13.7. The number of thioether (sulfide) groups is 1. The third-order valence-electron chi connectivity index (χ3n) is 6.78. The molecule has 4 aromatic rings. The van der Waals surface area contributed by atoms with Gasteiger partial charge in [-0.1, -0.05) is 84.6 Å². The molecule has 0 fully saturated rings. The van der Waals surface area contributed by atoms with Gasteiger partial charge in [0.15, 0.2) is 0 Å². The maximum Gasteiger partial charge on any atom is 0.256 e. The fourth-order valence-electron chi connectivity index (χ4n) is 5.66. The zero-order chi connectivity index (χ0) is 19.2. The molecule has 2 bridgehead atoms. The van der Waals surface area contributed by atoms with Crippen LogP contribution in [0.1, 0.15) is 38.0 Å². The van der Waals surface area contributed by atoms with Crippen molar-refractivity contribution in [1.82, 2.24) is 4.90 Å². The minimum atomic E-state index is -0.436. The Labute approximate surface area is 173 Å². The SMILES string of the molecule is O=C1c2ccccc2C23Cc4ccccc4C(Sc4ccc5ccccc5c42)N13. The van der Waals surface area contributed by atoms with Crippen LogP contribution >= 0.6 is 11.8 Å². The average molecular weight is 391 g/mol. The summed E-state index contributed by atoms with van der Waals surface area (Å²) in [5.41, 5.74) is 5.49. The summed E-state index contributed by atoms with van der Waals surface area (Å²) in [5.74, 6) is 0.159. The van der Waals surface area contributed by atoms with E-state index >= 15 is 0 Å². The van der Waals surface area contributed by atoms with Gasteiger partial charge in [-0.15, -0.1) is 0 Å². The van der Waals surface area contributed by atoms with Gasteiger partial charge in [-0.3, -0.25) is 4.79 Å². The molecule has 0 N–H and O–H groups in total. The van der Waals surface area contributed by atoms with Crippen LogP contribution in [0.4, 0.5) is 0 Å². The van der Waals surface area contributed by atoms with Crippen molar-refractivity contribution in [2.45, 2.75) is 22.2 Å². The number of fused-ring (bicyclic) bond motifs is 6. The van der Waals surface area contributed by atoms with Gasteiger partial charge in [0.2, 0.25) is 0 Å². The molecule has 1 amide bonds. The second-order valence-electron chi connectivity index (χ2n) is 8.09. The number of carbonyl (C=O) groups is 1. The minimum Gasteiger partial charge on any atom is -0.308 e. The van der Waals surface area contributed by atoms with E-state index in [4.69, 9.17) is 0 Å². The normalized spacial score (nSPS) is 23.4. The van der Waals surface area contributed by atoms with Crippen molar-refractivity contribution in [2.24, 2.45) is 0 Å². The summed E-state index contributed by atoms with van der Waals surface area (Å²) >= 11 is 1.82. The van der Waals surface area contributed by atoms with Crippen molar-refractivity contribution in [3.8, 4) is 0 Å². The van der Waals surface area contributed by atoms with Gasteiger partial charge in [0.05, 0.1) is 0 Å². The summed E-state index contributed by atoms with van der Waals surface area (Å²) in [6.07, 6.45) is 0.823. The lowest BCUT2D eigenvalue weighted by Gasteiger charge is -2.52. The van der Waals surface area contributed by atoms with Gasteiger partial charge in [0, 0.05) is 22.4 Å². The van der Waals surface area contributed by atoms with E-state index in [1.165, 1.54) is 32.4 Å². The van der Waals surface area contributed by atoms with Crippen LogP contribution in [0, 0.1) is 0 Å². The van der Waals surface area contributed by atoms with Crippen LogP contribution in [0.5, 0.6) is 0 Å². The molecule has 7 rings (SSSR count). The molecular weight excluding hydrogens is 374 g/mol. The van der Waals surface area contributed by atoms with Gasteiger partial charge in [-0.25, -0.2) is 0 Å². The Kier molecular flexibility index (Phi) is 2.90. The first-order valence-corrected chi connectivity index (χ1v) is 10.9. The third kappa shape index (κ3) is 1.78. The van der Waals surface area contributed by atoms with E-state index in [1.807, 2.05) is 23.9 Å². The van der Waals surface area contributed by atoms with Crippen LogP contribution in [0.3, 0.4) is 0 Å². The zero-order valence-electron chi connectivity index (χ0n) is 15.6. The lowest BCUT2D eigenvalue weighted by Crippen LogP contribution is -2.53. The third-order valence-corrected chi connectivity index (χ3v) is 8.06. The first-order valence-electron chi connectivity index (χ1n) is 9.99. The van der Waals surface area contributed by atoms with Crippen LogP contribution in [0.2, 0.25) is 0 Å². The lowest BCUT2D eigenvalue weighted by atomic mass is 9.73. The fraction of sp³-hybridized carbons (Fsp3) is 0.115. The number of benzene rings is 4. The number of amides is 1. The Bertz CT molecular complexity index is 1360. The van der Waals surface area contributed by atoms with Crippen LogP contribution in [-0.2, 0) is 12.0 Å². The van der Waals surface area contributed by atoms with E-state index in [0.717, 1.165) is 17.5 Å². The molecule has 0 spiro atoms. The topological polar surface area (TPSA) is 20.3 Å². The Morgan fingerprint density at radius 3 is 2.62 bits per heavy atom. The van der Waals surface area contributed by atoms with Crippen molar-refractivity contribution in [1.29, 1.82) is 0 Å². The molecule has 0 saturated heterocycles. The van der Waals surface area contributed by atoms with Gasteiger partial charge in [-0.05, 0) is 39.6 Å². The van der Waals surface area contributed by atoms with Crippen molar-refractivity contribution in [3.63, 3.8) is 0 Å². The molecule has 0 saturated carbocycles. The molecule has 3 aliphatic rings. The second kappa shape index (κ2) is 5.31. The first-order chi connectivity index (χ1) is 14.3. The second-order valence-corrected chi connectivity index (χ2v) is 9.21. The molecule has 2 unspecified atom stereocenters. The zero-order valence-corrected chi connectivity index (χ0v) is 16.4. The molecule has 2 atom stereocenters. The molecule has 3 heterocycles. The highest BCUT2D eigenvalue weighted by molar-refractivity contribution is 7.99. The molecule has 3 aliphatic heterocycles. The molecule has 3 heteroatoms. The van der Waals surface area contributed by atoms with E-state index in [0.29, 0.717) is 0 Å². The molecule has 0 radical (unpaired) electrons. The molecule has 2 nitrogen and oxygen atoms in total. The van der Waals surface area contributed by atoms with Crippen molar-refractivity contribution < 1.29 is 4.79 Å². The fourth-order valence-corrected chi connectivity index (χ4v) is 7.18. The summed E-state index contributed by atoms with van der Waals surface area (Å²) in [4.78, 5) is 17.2. The Hall–Kier alpha value is -3.04. The van der Waals surface area contributed by atoms with E-state index in [2.05, 4.69) is 77.7 Å². The highest BCUT2D eigenvalue weighted by Crippen LogP contribution is 2.64. The van der Waals surface area contributed by atoms with Gasteiger partial charge < -0.3 is 4.90 Å². The van der Waals surface area contributed by atoms with Crippen LogP contribution in [-0.4, -0.2) is 10.8 Å². The summed E-state index contributed by atoms with van der Waals surface area (Å²) < 4.78 is 0. The Morgan fingerprint density at radius 1 is 0.862 bits per heavy atom. The van der Waals surface area contributed by atoms with Gasteiger partial charge in [0.1, 0.15) is 10.9 Å². The maximum atomic E-state index is 13.7. The number of carbonyl (C=O) groups excluding carboxylic acids is 1. The molecule has 4 aromatic carbocycles. The van der Waals surface area contributed by atoms with Crippen LogP contribution < -0.4 is 0 Å². The highest BCUT2D eigenvalue weighted by Gasteiger charge is 2.60. The summed E-state index contributed by atoms with van der Waals surface area (Å²) in [6.45, 7) is 0. The van der Waals surface area contributed by atoms with E-state index in [9.17, 15) is 4.79 Å². The van der Waals surface area contributed by atoms with Crippen LogP contribution in [0.15, 0.2) is 89.8 Å². The predicted molar refractivity (Wildman–Crippen MR) is 116 cm³/mol. The van der Waals surface area contributed by atoms with Crippen molar-refractivity contribution in [3.05, 3.63) is 113 Å². The summed E-state index contributed by atoms with van der Waals surface area (Å²) in [6, 6.07) is 29.9. The van der Waals surface area contributed by atoms with Gasteiger partial charge in [0.25, 0.3) is 5.91 Å². The summed E-state index contributed by atoms with van der Waals surface area (Å²) in [7, 11) is 0. The van der Waals surface area contributed by atoms with Crippen molar-refractivity contribution in [2.75, 3.05) is 0 Å². The number of hydrogen-bond acceptors (Lipinski definition) is 2. The predicted octanol–water partition coefficient (Wildman–Crippen LogP) is 5.90. The smallest absolute Gasteiger partial charge is 0.256 e. The molecule has 29 heavy (non-hydrogen) atoms. The number of hydrogen-bond donors (Lipinski definition) is 0. The quantitative estimate of drug-likeness (QED) is 0.372. The van der Waals surface area contributed by atoms with Crippen LogP contribution in [0.25, 0.3) is 10.8 Å². The molecule has 138 valence electrons. The molecular formula is C26H17NOS. The Balaban J connectivity index is 1.68. The lowest BCUT2D eigenvalue weighted by molar-refractivity contribution is 0.0542. The molecule has 0 aliphatic carbocycles. The average Bonchev–Trinajstić information content (AvgIpc) is 3.03. The largest absolute Gasteiger partial charge is 0.308 e. The number of nitrogens with zero attached hydrogens (tertiary/aromatic N) is 1. The Morgan fingerprint density at radius 2 is 1.66 bits per heavy atom. The summed E-state index contributed by atoms with van der Waals surface area (Å²) in [5, 5.41) is 2.49. The number of rotatable bonds is 0. The van der Waals surface area contributed by atoms with Gasteiger partial charge in [-0.2, -0.15) is 0 Å². The molecule has 0 aromatic heterocycles. The standard InChI is InChI=1S/C26H17NOS/c28-24-20-11-5-6-12-21(20)26-15-17-8-2-4-10-19(17)25(27(24)26)29-22-14-13-16-7-1-3-9-18(16)23(22)26/h1-14,25H,15H2. The first kappa shape index (κ1) is 15.8. The highest BCUT2D eigenvalue weighted by atomic mass is 32.2. The monoisotopic (exact) mass is 391 g/mol. The van der Waals surface area contributed by atoms with Gasteiger partial charge >= 0.3 is 0 Å². The van der Waals surface area contributed by atoms with E-state index in [-0.39, 0.29) is 11.3 Å². The van der Waals surface area contributed by atoms with Crippen molar-refractivity contribution >= 4 is 28.4 Å². The minimum absolute atomic E-state index is 0.00788. The van der Waals surface area contributed by atoms with E-state index in [1.54, 1.807) is 0 Å².